The van der Waals surface area contributed by atoms with E-state index in [1.807, 2.05) is 0 Å². The zero-order chi connectivity index (χ0) is 18.7. The Kier molecular flexibility index (Phi) is 4.30. The molecule has 26 heavy (non-hydrogen) atoms. The number of nitro groups is 2. The SMILES string of the molecule is O=C(Nc1nnc(-c2cccnc2)o1)c1cc([N+](=O)[O-])cc([N+](=O)[O-])c1. The van der Waals surface area contributed by atoms with E-state index >= 15 is 0 Å². The van der Waals surface area contributed by atoms with Gasteiger partial charge in [-0.15, -0.1) is 5.10 Å². The summed E-state index contributed by atoms with van der Waals surface area (Å²) in [4.78, 5) is 36.2. The van der Waals surface area contributed by atoms with Crippen LogP contribution >= 0.6 is 0 Å². The van der Waals surface area contributed by atoms with Crippen LogP contribution in [0.1, 0.15) is 10.4 Å². The van der Waals surface area contributed by atoms with E-state index in [1.54, 1.807) is 18.3 Å². The Morgan fingerprint density at radius 3 is 2.35 bits per heavy atom. The highest BCUT2D eigenvalue weighted by molar-refractivity contribution is 6.04. The number of non-ortho nitro benzene ring substituents is 2. The van der Waals surface area contributed by atoms with Crippen molar-refractivity contribution >= 4 is 23.3 Å². The van der Waals surface area contributed by atoms with E-state index in [-0.39, 0.29) is 17.5 Å². The molecule has 0 saturated heterocycles. The molecular formula is C14H8N6O6. The summed E-state index contributed by atoms with van der Waals surface area (Å²) in [7, 11) is 0. The smallest absolute Gasteiger partial charge is 0.322 e. The molecule has 0 atom stereocenters. The fourth-order valence-corrected chi connectivity index (χ4v) is 1.99. The number of amides is 1. The molecule has 0 spiro atoms. The minimum absolute atomic E-state index is 0.0958. The maximum absolute atomic E-state index is 12.2. The molecule has 3 rings (SSSR count). The molecule has 0 bridgehead atoms. The largest absolute Gasteiger partial charge is 0.403 e. The fraction of sp³-hybridized carbons (Fsp3) is 0. The van der Waals surface area contributed by atoms with Crippen molar-refractivity contribution in [2.45, 2.75) is 0 Å². The number of hydrogen-bond donors (Lipinski definition) is 1. The third kappa shape index (κ3) is 3.48. The monoisotopic (exact) mass is 356 g/mol. The first-order valence-corrected chi connectivity index (χ1v) is 6.93. The molecule has 2 aromatic heterocycles. The molecule has 130 valence electrons. The molecule has 12 heteroatoms. The van der Waals surface area contributed by atoms with E-state index in [0.717, 1.165) is 18.2 Å². The average Bonchev–Trinajstić information content (AvgIpc) is 3.10. The Morgan fingerprint density at radius 1 is 1.08 bits per heavy atom. The zero-order valence-corrected chi connectivity index (χ0v) is 12.7. The second-order valence-electron chi connectivity index (χ2n) is 4.86. The van der Waals surface area contributed by atoms with Gasteiger partial charge >= 0.3 is 6.01 Å². The van der Waals surface area contributed by atoms with Gasteiger partial charge in [0.25, 0.3) is 23.2 Å². The van der Waals surface area contributed by atoms with Crippen LogP contribution in [0.15, 0.2) is 47.1 Å². The number of anilines is 1. The van der Waals surface area contributed by atoms with Crippen molar-refractivity contribution in [2.24, 2.45) is 0 Å². The van der Waals surface area contributed by atoms with Crippen LogP contribution in [0.5, 0.6) is 0 Å². The number of pyridine rings is 1. The number of carbonyl (C=O) groups is 1. The summed E-state index contributed by atoms with van der Waals surface area (Å²) in [6.07, 6.45) is 3.03. The standard InChI is InChI=1S/C14H8N6O6/c21-12(9-4-10(19(22)23)6-11(5-9)20(24)25)16-14-18-17-13(26-14)8-2-1-3-15-7-8/h1-7H,(H,16,18,21). The topological polar surface area (TPSA) is 167 Å². The van der Waals surface area contributed by atoms with Gasteiger partial charge in [0.15, 0.2) is 0 Å². The third-order valence-electron chi connectivity index (χ3n) is 3.14. The molecule has 0 aliphatic carbocycles. The van der Waals surface area contributed by atoms with E-state index in [4.69, 9.17) is 4.42 Å². The molecule has 0 fully saturated rings. The Morgan fingerprint density at radius 2 is 1.77 bits per heavy atom. The lowest BCUT2D eigenvalue weighted by Crippen LogP contribution is -2.13. The quantitative estimate of drug-likeness (QED) is 0.532. The molecule has 2 heterocycles. The highest BCUT2D eigenvalue weighted by Crippen LogP contribution is 2.24. The summed E-state index contributed by atoms with van der Waals surface area (Å²) in [5.41, 5.74) is -0.963. The predicted octanol–water partition coefficient (Wildman–Crippen LogP) is 2.20. The number of rotatable bonds is 5. The minimum atomic E-state index is -0.877. The van der Waals surface area contributed by atoms with Gasteiger partial charge in [0, 0.05) is 24.5 Å². The van der Waals surface area contributed by atoms with Gasteiger partial charge in [0.2, 0.25) is 0 Å². The normalized spacial score (nSPS) is 10.3. The molecule has 1 amide bonds. The van der Waals surface area contributed by atoms with Crippen LogP contribution in [0.2, 0.25) is 0 Å². The van der Waals surface area contributed by atoms with Gasteiger partial charge < -0.3 is 4.42 Å². The zero-order valence-electron chi connectivity index (χ0n) is 12.7. The minimum Gasteiger partial charge on any atom is -0.403 e. The van der Waals surface area contributed by atoms with Gasteiger partial charge in [-0.2, -0.15) is 0 Å². The Hall–Kier alpha value is -4.22. The van der Waals surface area contributed by atoms with Gasteiger partial charge in [0.05, 0.1) is 27.0 Å². The number of benzene rings is 1. The third-order valence-corrected chi connectivity index (χ3v) is 3.14. The first kappa shape index (κ1) is 16.6. The highest BCUT2D eigenvalue weighted by atomic mass is 16.6. The second-order valence-corrected chi connectivity index (χ2v) is 4.86. The number of carbonyl (C=O) groups excluding carboxylic acids is 1. The van der Waals surface area contributed by atoms with E-state index in [9.17, 15) is 25.0 Å². The summed E-state index contributed by atoms with van der Waals surface area (Å²) in [5.74, 6) is -0.781. The van der Waals surface area contributed by atoms with Crippen LogP contribution in [0.4, 0.5) is 17.4 Å². The Bertz CT molecular complexity index is 970. The summed E-state index contributed by atoms with van der Waals surface area (Å²) >= 11 is 0. The predicted molar refractivity (Wildman–Crippen MR) is 85.2 cm³/mol. The lowest BCUT2D eigenvalue weighted by Gasteiger charge is -2.01. The number of hydrogen-bond acceptors (Lipinski definition) is 9. The van der Waals surface area contributed by atoms with E-state index in [0.29, 0.717) is 5.56 Å². The fourth-order valence-electron chi connectivity index (χ4n) is 1.99. The molecule has 0 saturated carbocycles. The average molecular weight is 356 g/mol. The van der Waals surface area contributed by atoms with Crippen LogP contribution in [-0.2, 0) is 0 Å². The van der Waals surface area contributed by atoms with E-state index in [1.165, 1.54) is 6.20 Å². The van der Waals surface area contributed by atoms with Crippen molar-refractivity contribution in [1.82, 2.24) is 15.2 Å². The first-order valence-electron chi connectivity index (χ1n) is 6.93. The summed E-state index contributed by atoms with van der Waals surface area (Å²) in [5, 5.41) is 31.3. The maximum atomic E-state index is 12.2. The maximum Gasteiger partial charge on any atom is 0.322 e. The van der Waals surface area contributed by atoms with Crippen LogP contribution in [0, 0.1) is 20.2 Å². The van der Waals surface area contributed by atoms with Gasteiger partial charge in [-0.3, -0.25) is 35.3 Å². The molecule has 1 N–H and O–H groups in total. The van der Waals surface area contributed by atoms with Crippen molar-refractivity contribution in [3.63, 3.8) is 0 Å². The molecule has 3 aromatic rings. The van der Waals surface area contributed by atoms with Crippen LogP contribution in [0.25, 0.3) is 11.5 Å². The van der Waals surface area contributed by atoms with Crippen molar-refractivity contribution in [1.29, 1.82) is 0 Å². The number of nitrogens with one attached hydrogen (secondary N) is 1. The Labute approximate surface area is 143 Å². The van der Waals surface area contributed by atoms with Crippen molar-refractivity contribution in [3.05, 3.63) is 68.5 Å². The number of aromatic nitrogens is 3. The lowest BCUT2D eigenvalue weighted by molar-refractivity contribution is -0.394. The molecule has 1 aromatic carbocycles. The second kappa shape index (κ2) is 6.72. The van der Waals surface area contributed by atoms with E-state index in [2.05, 4.69) is 20.5 Å². The van der Waals surface area contributed by atoms with Crippen LogP contribution in [-0.4, -0.2) is 30.9 Å². The van der Waals surface area contributed by atoms with Gasteiger partial charge in [0.1, 0.15) is 0 Å². The van der Waals surface area contributed by atoms with Crippen LogP contribution < -0.4 is 5.32 Å². The van der Waals surface area contributed by atoms with Crippen molar-refractivity contribution < 1.29 is 19.1 Å². The van der Waals surface area contributed by atoms with E-state index < -0.39 is 27.1 Å². The molecule has 0 aliphatic rings. The Balaban J connectivity index is 1.85. The number of nitro benzene ring substituents is 2. The van der Waals surface area contributed by atoms with Gasteiger partial charge in [-0.1, -0.05) is 5.10 Å². The molecule has 0 unspecified atom stereocenters. The van der Waals surface area contributed by atoms with Gasteiger partial charge in [-0.25, -0.2) is 0 Å². The lowest BCUT2D eigenvalue weighted by atomic mass is 10.1. The summed E-state index contributed by atoms with van der Waals surface area (Å²) in [6, 6.07) is 5.60. The molecule has 0 radical (unpaired) electrons. The van der Waals surface area contributed by atoms with Crippen molar-refractivity contribution in [2.75, 3.05) is 5.32 Å². The van der Waals surface area contributed by atoms with Gasteiger partial charge in [-0.05, 0) is 12.1 Å². The molecule has 0 aliphatic heterocycles. The van der Waals surface area contributed by atoms with Crippen molar-refractivity contribution in [3.8, 4) is 11.5 Å². The highest BCUT2D eigenvalue weighted by Gasteiger charge is 2.21. The number of nitrogens with zero attached hydrogens (tertiary/aromatic N) is 5. The molecular weight excluding hydrogens is 348 g/mol. The first-order chi connectivity index (χ1) is 12.4. The summed E-state index contributed by atoms with van der Waals surface area (Å²) in [6.45, 7) is 0. The summed E-state index contributed by atoms with van der Waals surface area (Å²) < 4.78 is 5.26. The van der Waals surface area contributed by atoms with Crippen LogP contribution in [0.3, 0.4) is 0 Å². The molecule has 12 nitrogen and oxygen atoms in total.